The zero-order chi connectivity index (χ0) is 45.3. The molecule has 0 bridgehead atoms. The fraction of sp³-hybridized carbons (Fsp3) is 0.232. The number of carbonyl (C=O) groups excluding carboxylic acids is 1. The fourth-order valence-electron chi connectivity index (χ4n) is 7.61. The van der Waals surface area contributed by atoms with Crippen molar-refractivity contribution in [3.63, 3.8) is 0 Å². The molecule has 10 heteroatoms. The van der Waals surface area contributed by atoms with Gasteiger partial charge in [0.2, 0.25) is 5.75 Å². The first kappa shape index (κ1) is 45.3. The molecule has 0 N–H and O–H groups in total. The van der Waals surface area contributed by atoms with Gasteiger partial charge in [-0.3, -0.25) is 4.79 Å². The zero-order valence-corrected chi connectivity index (χ0v) is 37.2. The lowest BCUT2D eigenvalue weighted by molar-refractivity contribution is -0.171. The molecule has 0 spiro atoms. The second-order valence-electron chi connectivity index (χ2n) is 15.7. The number of benzene rings is 7. The first-order valence-electron chi connectivity index (χ1n) is 22.2. The van der Waals surface area contributed by atoms with E-state index in [-0.39, 0.29) is 33.0 Å². The Kier molecular flexibility index (Phi) is 15.8. The summed E-state index contributed by atoms with van der Waals surface area (Å²) >= 11 is 0. The van der Waals surface area contributed by atoms with Crippen LogP contribution in [0.3, 0.4) is 0 Å². The molecule has 0 amide bonds. The van der Waals surface area contributed by atoms with Crippen LogP contribution in [0.15, 0.2) is 176 Å². The van der Waals surface area contributed by atoms with E-state index in [1.807, 2.05) is 183 Å². The van der Waals surface area contributed by atoms with Gasteiger partial charge in [-0.1, -0.05) is 152 Å². The first-order chi connectivity index (χ1) is 32.5. The van der Waals surface area contributed by atoms with Gasteiger partial charge >= 0.3 is 5.97 Å². The summed E-state index contributed by atoms with van der Waals surface area (Å²) in [6.07, 6.45) is -2.86. The number of fused-ring (bicyclic) bond motifs is 1. The molecule has 10 nitrogen and oxygen atoms in total. The summed E-state index contributed by atoms with van der Waals surface area (Å²) in [6.45, 7) is 5.58. The van der Waals surface area contributed by atoms with Crippen LogP contribution in [0.25, 0.3) is 0 Å². The Hall–Kier alpha value is -7.27. The number of hydrogen-bond acceptors (Lipinski definition) is 10. The Labute approximate surface area is 386 Å². The van der Waals surface area contributed by atoms with Crippen LogP contribution in [-0.4, -0.2) is 31.9 Å². The van der Waals surface area contributed by atoms with Crippen LogP contribution in [-0.2, 0) is 52.0 Å². The molecule has 0 unspecified atom stereocenters. The third-order valence-corrected chi connectivity index (χ3v) is 10.8. The molecule has 0 aromatic heterocycles. The smallest absolute Gasteiger partial charge is 0.303 e. The van der Waals surface area contributed by atoms with E-state index < -0.39 is 24.3 Å². The van der Waals surface area contributed by atoms with Crippen LogP contribution in [0.1, 0.15) is 65.0 Å². The van der Waals surface area contributed by atoms with E-state index in [2.05, 4.69) is 0 Å². The van der Waals surface area contributed by atoms with Crippen molar-refractivity contribution in [2.75, 3.05) is 19.8 Å². The average Bonchev–Trinajstić information content (AvgIpc) is 3.36. The zero-order valence-electron chi connectivity index (χ0n) is 37.2. The van der Waals surface area contributed by atoms with Crippen molar-refractivity contribution in [3.05, 3.63) is 215 Å². The Bertz CT molecular complexity index is 2510. The number of ether oxygens (including phenoxy) is 9. The number of esters is 1. The molecule has 7 aromatic carbocycles. The lowest BCUT2D eigenvalue weighted by Crippen LogP contribution is -2.39. The largest absolute Gasteiger partial charge is 0.489 e. The standard InChI is InChI=1S/C56H54O10/c1-3-58-29-30-59-55-52-48(61-36-42-21-11-5-12-22-42)33-47(60-35-41-19-9-4-10-20-41)34-49(52)66-53(56(55)65-40(2)57)46-31-50(62-37-43-23-13-6-14-24-43)54(64-39-45-27-17-8-18-28-45)51(32-46)63-38-44-25-15-7-16-26-44/h4-28,31-34,53,55-56H,3,29-30,35-39H2,1-2H3/t53-,55+,56+/m1/s1. The summed E-state index contributed by atoms with van der Waals surface area (Å²) in [5.74, 6) is 2.11. The number of carbonyl (C=O) groups is 1. The maximum Gasteiger partial charge on any atom is 0.303 e. The van der Waals surface area contributed by atoms with E-state index in [0.29, 0.717) is 65.4 Å². The predicted molar refractivity (Wildman–Crippen MR) is 251 cm³/mol. The van der Waals surface area contributed by atoms with Gasteiger partial charge in [-0.2, -0.15) is 0 Å². The normalized spacial score (nSPS) is 15.2. The second kappa shape index (κ2) is 23.1. The van der Waals surface area contributed by atoms with E-state index in [9.17, 15) is 4.79 Å². The van der Waals surface area contributed by atoms with Crippen LogP contribution >= 0.6 is 0 Å². The molecule has 0 saturated heterocycles. The molecule has 1 aliphatic heterocycles. The van der Waals surface area contributed by atoms with Gasteiger partial charge in [-0.15, -0.1) is 0 Å². The summed E-state index contributed by atoms with van der Waals surface area (Å²) in [4.78, 5) is 13.2. The van der Waals surface area contributed by atoms with Gasteiger partial charge in [0.25, 0.3) is 0 Å². The van der Waals surface area contributed by atoms with Gasteiger partial charge in [-0.05, 0) is 46.9 Å². The van der Waals surface area contributed by atoms with Crippen molar-refractivity contribution in [3.8, 4) is 34.5 Å². The van der Waals surface area contributed by atoms with Crippen molar-refractivity contribution in [1.82, 2.24) is 0 Å². The molecule has 338 valence electrons. The Morgan fingerprint density at radius 2 is 0.955 bits per heavy atom. The van der Waals surface area contributed by atoms with Crippen molar-refractivity contribution < 1.29 is 47.4 Å². The van der Waals surface area contributed by atoms with E-state index >= 15 is 0 Å². The number of rotatable bonds is 22. The van der Waals surface area contributed by atoms with E-state index in [1.165, 1.54) is 6.92 Å². The summed E-state index contributed by atoms with van der Waals surface area (Å²) in [5.41, 5.74) is 5.99. The Morgan fingerprint density at radius 3 is 1.41 bits per heavy atom. The van der Waals surface area contributed by atoms with Gasteiger partial charge in [-0.25, -0.2) is 0 Å². The molecule has 8 rings (SSSR count). The SMILES string of the molecule is CCOCCO[C@H]1c2c(OCc3ccccc3)cc(OCc3ccccc3)cc2O[C@H](c2cc(OCc3ccccc3)c(OCc3ccccc3)c(OCc3ccccc3)c2)[C@@H]1OC(C)=O. The Balaban J connectivity index is 1.26. The van der Waals surface area contributed by atoms with Crippen LogP contribution in [0.2, 0.25) is 0 Å². The molecule has 1 heterocycles. The summed E-state index contributed by atoms with van der Waals surface area (Å²) in [7, 11) is 0. The number of hydrogen-bond donors (Lipinski definition) is 0. The quantitative estimate of drug-likeness (QED) is 0.0483. The van der Waals surface area contributed by atoms with Gasteiger partial charge in [0, 0.05) is 31.2 Å². The summed E-state index contributed by atoms with van der Waals surface area (Å²) < 4.78 is 58.9. The average molecular weight is 887 g/mol. The van der Waals surface area contributed by atoms with Crippen molar-refractivity contribution in [2.45, 2.75) is 65.2 Å². The summed E-state index contributed by atoms with van der Waals surface area (Å²) in [5, 5.41) is 0. The minimum atomic E-state index is -1.02. The molecule has 0 aliphatic carbocycles. The molecule has 0 radical (unpaired) electrons. The van der Waals surface area contributed by atoms with E-state index in [4.69, 9.17) is 42.6 Å². The monoisotopic (exact) mass is 886 g/mol. The molecular formula is C56H54O10. The predicted octanol–water partition coefficient (Wildman–Crippen LogP) is 11.7. The van der Waals surface area contributed by atoms with Crippen LogP contribution in [0.5, 0.6) is 34.5 Å². The molecule has 0 fully saturated rings. The highest BCUT2D eigenvalue weighted by Gasteiger charge is 2.45. The Morgan fingerprint density at radius 1 is 0.515 bits per heavy atom. The molecule has 0 saturated carbocycles. The van der Waals surface area contributed by atoms with Gasteiger partial charge in [0.05, 0.1) is 18.8 Å². The van der Waals surface area contributed by atoms with Crippen molar-refractivity contribution in [1.29, 1.82) is 0 Å². The lowest BCUT2D eigenvalue weighted by Gasteiger charge is -2.40. The molecule has 66 heavy (non-hydrogen) atoms. The third kappa shape index (κ3) is 12.3. The van der Waals surface area contributed by atoms with Crippen LogP contribution in [0, 0.1) is 0 Å². The molecular weight excluding hydrogens is 833 g/mol. The van der Waals surface area contributed by atoms with Crippen LogP contribution in [0.4, 0.5) is 0 Å². The van der Waals surface area contributed by atoms with Crippen molar-refractivity contribution in [2.24, 2.45) is 0 Å². The summed E-state index contributed by atoms with van der Waals surface area (Å²) in [6, 6.07) is 56.9. The molecule has 7 aromatic rings. The third-order valence-electron chi connectivity index (χ3n) is 10.8. The maximum absolute atomic E-state index is 13.2. The first-order valence-corrected chi connectivity index (χ1v) is 22.2. The molecule has 1 aliphatic rings. The second-order valence-corrected chi connectivity index (χ2v) is 15.7. The fourth-order valence-corrected chi connectivity index (χ4v) is 7.61. The van der Waals surface area contributed by atoms with E-state index in [1.54, 1.807) is 0 Å². The van der Waals surface area contributed by atoms with Gasteiger partial charge in [0.15, 0.2) is 23.7 Å². The minimum absolute atomic E-state index is 0.190. The van der Waals surface area contributed by atoms with Gasteiger partial charge < -0.3 is 42.6 Å². The highest BCUT2D eigenvalue weighted by atomic mass is 16.6. The van der Waals surface area contributed by atoms with E-state index in [0.717, 1.165) is 27.8 Å². The topological polar surface area (TPSA) is 100 Å². The molecule has 3 atom stereocenters. The highest BCUT2D eigenvalue weighted by molar-refractivity contribution is 5.67. The minimum Gasteiger partial charge on any atom is -0.489 e. The lowest BCUT2D eigenvalue weighted by atomic mass is 9.90. The van der Waals surface area contributed by atoms with Crippen LogP contribution < -0.4 is 28.4 Å². The van der Waals surface area contributed by atoms with Gasteiger partial charge in [0.1, 0.15) is 56.4 Å². The highest BCUT2D eigenvalue weighted by Crippen LogP contribution is 2.52. The maximum atomic E-state index is 13.2. The van der Waals surface area contributed by atoms with Crippen molar-refractivity contribution >= 4 is 5.97 Å².